The normalized spacial score (nSPS) is 15.3. The molecule has 1 aliphatic carbocycles. The summed E-state index contributed by atoms with van der Waals surface area (Å²) in [5, 5.41) is 17.1. The number of carbonyl (C=O) groups is 1. The standard InChI is InChI=1S/C9H14O.C3H6O2/c1-2-5-8-6-3-4-7-9(8)10;1-2-3(4)5/h2,10H,1,3-7H2;2H2,1H3,(H,4,5). The Morgan fingerprint density at radius 3 is 2.40 bits per heavy atom. The number of hydrogen-bond acceptors (Lipinski definition) is 2. The minimum Gasteiger partial charge on any atom is -0.512 e. The summed E-state index contributed by atoms with van der Waals surface area (Å²) < 4.78 is 0. The Morgan fingerprint density at radius 2 is 2.00 bits per heavy atom. The lowest BCUT2D eigenvalue weighted by Crippen LogP contribution is -1.98. The Labute approximate surface area is 91.1 Å². The van der Waals surface area contributed by atoms with Crippen molar-refractivity contribution in [3.05, 3.63) is 24.0 Å². The van der Waals surface area contributed by atoms with Gasteiger partial charge in [0.2, 0.25) is 0 Å². The zero-order chi connectivity index (χ0) is 11.7. The van der Waals surface area contributed by atoms with Crippen LogP contribution in [-0.4, -0.2) is 16.2 Å². The van der Waals surface area contributed by atoms with Crippen LogP contribution in [0.15, 0.2) is 24.0 Å². The molecule has 3 heteroatoms. The molecule has 0 unspecified atom stereocenters. The van der Waals surface area contributed by atoms with Crippen molar-refractivity contribution < 1.29 is 15.0 Å². The van der Waals surface area contributed by atoms with Gasteiger partial charge in [-0.05, 0) is 31.3 Å². The third kappa shape index (κ3) is 6.77. The molecule has 86 valence electrons. The van der Waals surface area contributed by atoms with Crippen LogP contribution in [-0.2, 0) is 4.79 Å². The smallest absolute Gasteiger partial charge is 0.303 e. The maximum Gasteiger partial charge on any atom is 0.303 e. The molecule has 0 spiro atoms. The van der Waals surface area contributed by atoms with Crippen LogP contribution in [0.5, 0.6) is 0 Å². The van der Waals surface area contributed by atoms with E-state index in [0.29, 0.717) is 5.76 Å². The molecule has 0 saturated carbocycles. The average molecular weight is 212 g/mol. The first-order valence-electron chi connectivity index (χ1n) is 5.34. The molecule has 0 aliphatic heterocycles. The molecule has 0 saturated heterocycles. The molecule has 0 radical (unpaired) electrons. The fraction of sp³-hybridized carbons (Fsp3) is 0.583. The summed E-state index contributed by atoms with van der Waals surface area (Å²) in [7, 11) is 0. The van der Waals surface area contributed by atoms with Crippen molar-refractivity contribution in [2.45, 2.75) is 45.4 Å². The van der Waals surface area contributed by atoms with Crippen LogP contribution in [0, 0.1) is 0 Å². The lowest BCUT2D eigenvalue weighted by molar-refractivity contribution is -0.136. The molecule has 0 amide bonds. The molecule has 0 aromatic carbocycles. The fourth-order valence-electron chi connectivity index (χ4n) is 1.35. The van der Waals surface area contributed by atoms with Crippen LogP contribution >= 0.6 is 0 Å². The fourth-order valence-corrected chi connectivity index (χ4v) is 1.35. The van der Waals surface area contributed by atoms with E-state index < -0.39 is 5.97 Å². The summed E-state index contributed by atoms with van der Waals surface area (Å²) in [6.45, 7) is 5.24. The molecule has 0 aromatic rings. The molecule has 0 aromatic heterocycles. The first kappa shape index (κ1) is 13.8. The summed E-state index contributed by atoms with van der Waals surface area (Å²) in [4.78, 5) is 9.37. The number of rotatable bonds is 3. The van der Waals surface area contributed by atoms with Gasteiger partial charge in [0, 0.05) is 12.8 Å². The minimum atomic E-state index is -0.745. The van der Waals surface area contributed by atoms with Gasteiger partial charge < -0.3 is 10.2 Å². The third-order valence-corrected chi connectivity index (χ3v) is 2.24. The van der Waals surface area contributed by atoms with Crippen molar-refractivity contribution in [2.75, 3.05) is 0 Å². The average Bonchev–Trinajstić information content (AvgIpc) is 2.23. The van der Waals surface area contributed by atoms with Gasteiger partial charge in [0.25, 0.3) is 0 Å². The summed E-state index contributed by atoms with van der Waals surface area (Å²) >= 11 is 0. The Kier molecular flexibility index (Phi) is 7.42. The summed E-state index contributed by atoms with van der Waals surface area (Å²) in [6.07, 6.45) is 7.27. The Hall–Kier alpha value is -1.25. The number of aliphatic hydroxyl groups is 1. The Bertz CT molecular complexity index is 241. The van der Waals surface area contributed by atoms with Crippen LogP contribution in [0.25, 0.3) is 0 Å². The molecule has 15 heavy (non-hydrogen) atoms. The molecule has 2 N–H and O–H groups in total. The second-order valence-electron chi connectivity index (χ2n) is 3.50. The highest BCUT2D eigenvalue weighted by atomic mass is 16.4. The molecule has 0 atom stereocenters. The van der Waals surface area contributed by atoms with Gasteiger partial charge in [-0.25, -0.2) is 0 Å². The van der Waals surface area contributed by atoms with Crippen molar-refractivity contribution in [3.8, 4) is 0 Å². The van der Waals surface area contributed by atoms with E-state index in [1.54, 1.807) is 6.92 Å². The van der Waals surface area contributed by atoms with Crippen molar-refractivity contribution in [2.24, 2.45) is 0 Å². The van der Waals surface area contributed by atoms with E-state index >= 15 is 0 Å². The van der Waals surface area contributed by atoms with E-state index in [4.69, 9.17) is 5.11 Å². The number of carboxylic acids is 1. The first-order valence-corrected chi connectivity index (χ1v) is 5.34. The largest absolute Gasteiger partial charge is 0.512 e. The SMILES string of the molecule is C=CCC1=C(O)CCCC1.CCC(=O)O. The lowest BCUT2D eigenvalue weighted by atomic mass is 9.96. The van der Waals surface area contributed by atoms with Gasteiger partial charge in [-0.2, -0.15) is 0 Å². The molecule has 0 heterocycles. The van der Waals surface area contributed by atoms with Gasteiger partial charge in [-0.15, -0.1) is 6.58 Å². The predicted molar refractivity (Wildman–Crippen MR) is 60.9 cm³/mol. The van der Waals surface area contributed by atoms with Crippen LogP contribution in [0.3, 0.4) is 0 Å². The van der Waals surface area contributed by atoms with Crippen molar-refractivity contribution in [3.63, 3.8) is 0 Å². The van der Waals surface area contributed by atoms with Crippen molar-refractivity contribution >= 4 is 5.97 Å². The zero-order valence-corrected chi connectivity index (χ0v) is 9.33. The van der Waals surface area contributed by atoms with E-state index in [1.165, 1.54) is 12.0 Å². The van der Waals surface area contributed by atoms with Crippen LogP contribution in [0.1, 0.15) is 45.4 Å². The van der Waals surface area contributed by atoms with E-state index in [9.17, 15) is 9.90 Å². The number of allylic oxidation sites excluding steroid dienone is 3. The number of aliphatic hydroxyl groups excluding tert-OH is 1. The molecule has 1 aliphatic rings. The van der Waals surface area contributed by atoms with Gasteiger partial charge in [0.15, 0.2) is 0 Å². The van der Waals surface area contributed by atoms with E-state index in [0.717, 1.165) is 25.7 Å². The van der Waals surface area contributed by atoms with Gasteiger partial charge in [0.1, 0.15) is 0 Å². The third-order valence-electron chi connectivity index (χ3n) is 2.24. The summed E-state index contributed by atoms with van der Waals surface area (Å²) in [6, 6.07) is 0. The van der Waals surface area contributed by atoms with E-state index in [-0.39, 0.29) is 6.42 Å². The van der Waals surface area contributed by atoms with Gasteiger partial charge in [-0.3, -0.25) is 4.79 Å². The van der Waals surface area contributed by atoms with Gasteiger partial charge >= 0.3 is 5.97 Å². The van der Waals surface area contributed by atoms with Crippen LogP contribution in [0.2, 0.25) is 0 Å². The first-order chi connectivity index (χ1) is 7.11. The highest BCUT2D eigenvalue weighted by molar-refractivity contribution is 5.66. The second kappa shape index (κ2) is 8.09. The predicted octanol–water partition coefficient (Wildman–Crippen LogP) is 3.43. The van der Waals surface area contributed by atoms with Crippen molar-refractivity contribution in [1.29, 1.82) is 0 Å². The van der Waals surface area contributed by atoms with E-state index in [1.807, 2.05) is 6.08 Å². The summed E-state index contributed by atoms with van der Waals surface area (Å²) in [5.74, 6) is -0.129. The maximum atomic E-state index is 9.37. The zero-order valence-electron chi connectivity index (χ0n) is 9.33. The molecule has 3 nitrogen and oxygen atoms in total. The molecular formula is C12H20O3. The highest BCUT2D eigenvalue weighted by Gasteiger charge is 2.09. The van der Waals surface area contributed by atoms with Gasteiger partial charge in [0.05, 0.1) is 5.76 Å². The Morgan fingerprint density at radius 1 is 1.47 bits per heavy atom. The topological polar surface area (TPSA) is 57.5 Å². The number of carboxylic acid groups (broad SMARTS) is 1. The Balaban J connectivity index is 0.000000336. The lowest BCUT2D eigenvalue weighted by Gasteiger charge is -2.13. The van der Waals surface area contributed by atoms with Crippen LogP contribution in [0.4, 0.5) is 0 Å². The summed E-state index contributed by atoms with van der Waals surface area (Å²) in [5.41, 5.74) is 1.20. The number of hydrogen-bond donors (Lipinski definition) is 2. The number of aliphatic carboxylic acids is 1. The van der Waals surface area contributed by atoms with E-state index in [2.05, 4.69) is 6.58 Å². The molecule has 1 rings (SSSR count). The van der Waals surface area contributed by atoms with Gasteiger partial charge in [-0.1, -0.05) is 13.0 Å². The highest BCUT2D eigenvalue weighted by Crippen LogP contribution is 2.24. The molecule has 0 bridgehead atoms. The van der Waals surface area contributed by atoms with Crippen molar-refractivity contribution in [1.82, 2.24) is 0 Å². The van der Waals surface area contributed by atoms with Crippen LogP contribution < -0.4 is 0 Å². The maximum absolute atomic E-state index is 9.37. The molecular weight excluding hydrogens is 192 g/mol. The molecule has 0 fully saturated rings. The minimum absolute atomic E-state index is 0.222. The quantitative estimate of drug-likeness (QED) is 0.704. The second-order valence-corrected chi connectivity index (χ2v) is 3.50. The monoisotopic (exact) mass is 212 g/mol.